The van der Waals surface area contributed by atoms with E-state index >= 15 is 0 Å². The van der Waals surface area contributed by atoms with E-state index in [4.69, 9.17) is 14.3 Å². The fraction of sp³-hybridized carbons (Fsp3) is 0.150. The maximum absolute atomic E-state index is 13.3. The summed E-state index contributed by atoms with van der Waals surface area (Å²) in [4.78, 5) is 0. The molecule has 5 rings (SSSR count). The highest BCUT2D eigenvalue weighted by Gasteiger charge is 2.41. The van der Waals surface area contributed by atoms with Gasteiger partial charge >= 0.3 is 0 Å². The molecular weight excluding hydrogens is 319 g/mol. The first-order valence-electron chi connectivity index (χ1n) is 8.20. The summed E-state index contributed by atoms with van der Waals surface area (Å²) in [6.07, 6.45) is 2.00. The average molecular weight is 334 g/mol. The maximum atomic E-state index is 13.3. The van der Waals surface area contributed by atoms with E-state index in [0.717, 1.165) is 34.8 Å². The van der Waals surface area contributed by atoms with Crippen LogP contribution in [0.4, 0.5) is 4.39 Å². The molecule has 3 aromatic rings. The summed E-state index contributed by atoms with van der Waals surface area (Å²) in [6, 6.07) is 18.2. The van der Waals surface area contributed by atoms with E-state index in [2.05, 4.69) is 6.07 Å². The van der Waals surface area contributed by atoms with E-state index in [1.807, 2.05) is 35.3 Å². The SMILES string of the molecule is Fc1ccc([C@@H]2Oc3ccccc3[C@H]3CC(c4ccco4)=NN32)cc1. The Morgan fingerprint density at radius 2 is 1.84 bits per heavy atom. The standard InChI is InChI=1S/C20H15FN2O2/c21-14-9-7-13(8-10-14)20-23-17(15-4-1-2-5-18(15)25-20)12-16(22-23)19-6-3-11-24-19/h1-11,17,20H,12H2/t17-,20+/m1/s1. The molecule has 0 bridgehead atoms. The first-order valence-corrected chi connectivity index (χ1v) is 8.20. The minimum Gasteiger partial charge on any atom is -0.464 e. The van der Waals surface area contributed by atoms with Crippen LogP contribution < -0.4 is 4.74 Å². The number of furan rings is 1. The Kier molecular flexibility index (Phi) is 3.13. The monoisotopic (exact) mass is 334 g/mol. The Hall–Kier alpha value is -3.08. The van der Waals surface area contributed by atoms with Crippen molar-refractivity contribution >= 4 is 5.71 Å². The van der Waals surface area contributed by atoms with Crippen molar-refractivity contribution in [1.82, 2.24) is 5.01 Å². The van der Waals surface area contributed by atoms with Crippen molar-refractivity contribution in [3.8, 4) is 5.75 Å². The predicted octanol–water partition coefficient (Wildman–Crippen LogP) is 4.66. The largest absolute Gasteiger partial charge is 0.464 e. The van der Waals surface area contributed by atoms with Gasteiger partial charge in [-0.3, -0.25) is 0 Å². The predicted molar refractivity (Wildman–Crippen MR) is 90.7 cm³/mol. The fourth-order valence-corrected chi connectivity index (χ4v) is 3.47. The summed E-state index contributed by atoms with van der Waals surface area (Å²) in [5.74, 6) is 1.34. The Bertz CT molecular complexity index is 935. The molecule has 0 spiro atoms. The second-order valence-electron chi connectivity index (χ2n) is 6.18. The van der Waals surface area contributed by atoms with E-state index in [9.17, 15) is 4.39 Å². The van der Waals surface area contributed by atoms with Gasteiger partial charge in [-0.2, -0.15) is 5.10 Å². The second kappa shape index (κ2) is 5.48. The van der Waals surface area contributed by atoms with Gasteiger partial charge in [0.05, 0.1) is 12.3 Å². The van der Waals surface area contributed by atoms with Gasteiger partial charge in [0.1, 0.15) is 23.0 Å². The van der Waals surface area contributed by atoms with Crippen molar-refractivity contribution < 1.29 is 13.5 Å². The average Bonchev–Trinajstić information content (AvgIpc) is 3.31. The van der Waals surface area contributed by atoms with Crippen LogP contribution >= 0.6 is 0 Å². The number of hydrazone groups is 1. The molecule has 4 nitrogen and oxygen atoms in total. The molecular formula is C20H15FN2O2. The summed E-state index contributed by atoms with van der Waals surface area (Å²) >= 11 is 0. The molecule has 2 aromatic carbocycles. The zero-order valence-corrected chi connectivity index (χ0v) is 13.3. The number of fused-ring (bicyclic) bond motifs is 3. The van der Waals surface area contributed by atoms with E-state index in [1.165, 1.54) is 12.1 Å². The molecule has 0 saturated heterocycles. The smallest absolute Gasteiger partial charge is 0.213 e. The molecule has 0 unspecified atom stereocenters. The van der Waals surface area contributed by atoms with E-state index in [1.54, 1.807) is 18.4 Å². The van der Waals surface area contributed by atoms with Crippen molar-refractivity contribution in [3.05, 3.63) is 89.6 Å². The van der Waals surface area contributed by atoms with E-state index in [-0.39, 0.29) is 11.9 Å². The minimum atomic E-state index is -0.395. The molecule has 2 aliphatic rings. The van der Waals surface area contributed by atoms with Crippen molar-refractivity contribution in [3.63, 3.8) is 0 Å². The Labute approximate surface area is 144 Å². The molecule has 0 saturated carbocycles. The van der Waals surface area contributed by atoms with Gasteiger partial charge in [0.2, 0.25) is 6.23 Å². The van der Waals surface area contributed by atoms with Crippen molar-refractivity contribution in [2.24, 2.45) is 5.10 Å². The summed E-state index contributed by atoms with van der Waals surface area (Å²) < 4.78 is 25.0. The normalized spacial score (nSPS) is 21.3. The zero-order chi connectivity index (χ0) is 16.8. The molecule has 2 atom stereocenters. The lowest BCUT2D eigenvalue weighted by Gasteiger charge is -2.38. The minimum absolute atomic E-state index is 0.0695. The van der Waals surface area contributed by atoms with Crippen LogP contribution in [0.3, 0.4) is 0 Å². The van der Waals surface area contributed by atoms with Crippen LogP contribution in [-0.2, 0) is 0 Å². The molecule has 1 aromatic heterocycles. The molecule has 5 heteroatoms. The molecule has 25 heavy (non-hydrogen) atoms. The first kappa shape index (κ1) is 14.3. The van der Waals surface area contributed by atoms with E-state index < -0.39 is 6.23 Å². The summed E-state index contributed by atoms with van der Waals surface area (Å²) in [5.41, 5.74) is 2.86. The number of hydrogen-bond donors (Lipinski definition) is 0. The number of nitrogens with zero attached hydrogens (tertiary/aromatic N) is 2. The molecule has 0 aliphatic carbocycles. The lowest BCUT2D eigenvalue weighted by Crippen LogP contribution is -2.33. The topological polar surface area (TPSA) is 38.0 Å². The molecule has 0 N–H and O–H groups in total. The van der Waals surface area contributed by atoms with Crippen LogP contribution in [0.2, 0.25) is 0 Å². The summed E-state index contributed by atoms with van der Waals surface area (Å²) in [6.45, 7) is 0. The molecule has 124 valence electrons. The van der Waals surface area contributed by atoms with Gasteiger partial charge in [-0.25, -0.2) is 9.40 Å². The number of halogens is 1. The molecule has 2 aliphatic heterocycles. The third-order valence-electron chi connectivity index (χ3n) is 4.66. The van der Waals surface area contributed by atoms with Crippen LogP contribution in [0.5, 0.6) is 5.75 Å². The number of para-hydroxylation sites is 1. The zero-order valence-electron chi connectivity index (χ0n) is 13.3. The first-order chi connectivity index (χ1) is 12.3. The van der Waals surface area contributed by atoms with Crippen LogP contribution in [0.1, 0.15) is 35.6 Å². The highest BCUT2D eigenvalue weighted by atomic mass is 19.1. The number of ether oxygens (including phenoxy) is 1. The Balaban J connectivity index is 1.60. The number of benzene rings is 2. The lowest BCUT2D eigenvalue weighted by atomic mass is 9.97. The molecule has 3 heterocycles. The van der Waals surface area contributed by atoms with Crippen LogP contribution in [0.15, 0.2) is 76.4 Å². The van der Waals surface area contributed by atoms with Crippen LogP contribution in [0.25, 0.3) is 0 Å². The van der Waals surface area contributed by atoms with Crippen LogP contribution in [0, 0.1) is 5.82 Å². The van der Waals surface area contributed by atoms with Crippen molar-refractivity contribution in [2.45, 2.75) is 18.7 Å². The molecule has 0 fully saturated rings. The quantitative estimate of drug-likeness (QED) is 0.684. The molecule has 0 radical (unpaired) electrons. The van der Waals surface area contributed by atoms with Crippen molar-refractivity contribution in [1.29, 1.82) is 0 Å². The fourth-order valence-electron chi connectivity index (χ4n) is 3.47. The number of hydrogen-bond acceptors (Lipinski definition) is 4. The van der Waals surface area contributed by atoms with Gasteiger partial charge in [0.15, 0.2) is 0 Å². The van der Waals surface area contributed by atoms with Crippen molar-refractivity contribution in [2.75, 3.05) is 0 Å². The molecule has 0 amide bonds. The Morgan fingerprint density at radius 3 is 2.64 bits per heavy atom. The summed E-state index contributed by atoms with van der Waals surface area (Å²) in [5, 5.41) is 6.72. The maximum Gasteiger partial charge on any atom is 0.213 e. The Morgan fingerprint density at radius 1 is 1.00 bits per heavy atom. The highest BCUT2D eigenvalue weighted by Crippen LogP contribution is 2.47. The van der Waals surface area contributed by atoms with Gasteiger partial charge in [-0.15, -0.1) is 0 Å². The van der Waals surface area contributed by atoms with Gasteiger partial charge in [0.25, 0.3) is 0 Å². The van der Waals surface area contributed by atoms with Gasteiger partial charge in [-0.05, 0) is 30.3 Å². The number of rotatable bonds is 2. The second-order valence-corrected chi connectivity index (χ2v) is 6.18. The third-order valence-corrected chi connectivity index (χ3v) is 4.66. The summed E-state index contributed by atoms with van der Waals surface area (Å²) in [7, 11) is 0. The van der Waals surface area contributed by atoms with E-state index in [0.29, 0.717) is 0 Å². The van der Waals surface area contributed by atoms with Gasteiger partial charge in [-0.1, -0.05) is 30.3 Å². The van der Waals surface area contributed by atoms with Gasteiger partial charge < -0.3 is 9.15 Å². The third kappa shape index (κ3) is 2.31. The van der Waals surface area contributed by atoms with Crippen LogP contribution in [-0.4, -0.2) is 10.7 Å². The van der Waals surface area contributed by atoms with Gasteiger partial charge in [0, 0.05) is 17.5 Å². The lowest BCUT2D eigenvalue weighted by molar-refractivity contribution is -0.0190. The highest BCUT2D eigenvalue weighted by molar-refractivity contribution is 5.99.